The van der Waals surface area contributed by atoms with Gasteiger partial charge in [0.15, 0.2) is 6.10 Å². The second-order valence-corrected chi connectivity index (χ2v) is 5.56. The van der Waals surface area contributed by atoms with E-state index in [1.807, 2.05) is 0 Å². The summed E-state index contributed by atoms with van der Waals surface area (Å²) in [5.41, 5.74) is 3.20. The van der Waals surface area contributed by atoms with E-state index in [1.54, 1.807) is 54.6 Å². The Kier molecular flexibility index (Phi) is 5.38. The van der Waals surface area contributed by atoms with Crippen LogP contribution >= 0.6 is 0 Å². The van der Waals surface area contributed by atoms with Crippen LogP contribution in [0.15, 0.2) is 76.2 Å². The smallest absolute Gasteiger partial charge is 0.273 e. The van der Waals surface area contributed by atoms with Gasteiger partial charge in [-0.15, -0.1) is 0 Å². The van der Waals surface area contributed by atoms with E-state index in [4.69, 9.17) is 4.42 Å². The molecule has 2 aromatic carbocycles. The van der Waals surface area contributed by atoms with Crippen LogP contribution in [0.2, 0.25) is 0 Å². The Labute approximate surface area is 153 Å². The summed E-state index contributed by atoms with van der Waals surface area (Å²) in [4.78, 5) is 22.3. The van der Waals surface area contributed by atoms with Gasteiger partial charge in [-0.2, -0.15) is 5.10 Å². The third-order valence-electron chi connectivity index (χ3n) is 3.70. The Bertz CT molecular complexity index is 982. The van der Waals surface area contributed by atoms with E-state index in [0.717, 1.165) is 0 Å². The van der Waals surface area contributed by atoms with Crippen molar-refractivity contribution in [1.82, 2.24) is 5.43 Å². The number of rotatable bonds is 6. The molecule has 27 heavy (non-hydrogen) atoms. The van der Waals surface area contributed by atoms with Crippen LogP contribution in [0.3, 0.4) is 0 Å². The molecule has 0 saturated heterocycles. The lowest BCUT2D eigenvalue weighted by Crippen LogP contribution is -2.25. The van der Waals surface area contributed by atoms with Gasteiger partial charge in [0, 0.05) is 17.7 Å². The molecule has 2 N–H and O–H groups in total. The minimum Gasteiger partial charge on any atom is -0.455 e. The van der Waals surface area contributed by atoms with Crippen molar-refractivity contribution in [2.45, 2.75) is 6.10 Å². The fraction of sp³-hybridized carbons (Fsp3) is 0.0526. The van der Waals surface area contributed by atoms with Crippen molar-refractivity contribution in [2.75, 3.05) is 0 Å². The first kappa shape index (κ1) is 18.0. The number of hydrogen-bond donors (Lipinski definition) is 2. The number of nitrogens with one attached hydrogen (secondary N) is 1. The third-order valence-corrected chi connectivity index (χ3v) is 3.70. The summed E-state index contributed by atoms with van der Waals surface area (Å²) in [7, 11) is 0. The predicted molar refractivity (Wildman–Crippen MR) is 97.9 cm³/mol. The van der Waals surface area contributed by atoms with Gasteiger partial charge in [0.25, 0.3) is 11.6 Å². The van der Waals surface area contributed by atoms with Gasteiger partial charge in [-0.25, -0.2) is 5.43 Å². The molecule has 0 spiro atoms. The van der Waals surface area contributed by atoms with E-state index in [9.17, 15) is 20.0 Å². The molecule has 0 aliphatic carbocycles. The maximum absolute atomic E-state index is 11.9. The van der Waals surface area contributed by atoms with Gasteiger partial charge < -0.3 is 9.52 Å². The highest BCUT2D eigenvalue weighted by Gasteiger charge is 2.16. The molecule has 0 fully saturated rings. The average Bonchev–Trinajstić information content (AvgIpc) is 3.17. The maximum atomic E-state index is 11.9. The molecule has 0 bridgehead atoms. The Morgan fingerprint density at radius 2 is 1.93 bits per heavy atom. The third kappa shape index (κ3) is 4.44. The second kappa shape index (κ2) is 8.07. The van der Waals surface area contributed by atoms with Gasteiger partial charge in [0.05, 0.1) is 11.1 Å². The Hall–Kier alpha value is -3.78. The van der Waals surface area contributed by atoms with Crippen molar-refractivity contribution in [3.05, 3.63) is 88.2 Å². The first-order chi connectivity index (χ1) is 13.0. The predicted octanol–water partition coefficient (Wildman–Crippen LogP) is 3.04. The number of non-ortho nitro benzene ring substituents is 1. The number of nitro groups is 1. The zero-order chi connectivity index (χ0) is 19.2. The van der Waals surface area contributed by atoms with E-state index < -0.39 is 16.9 Å². The molecule has 136 valence electrons. The molecule has 0 aliphatic rings. The second-order valence-electron chi connectivity index (χ2n) is 5.56. The molecule has 0 radical (unpaired) electrons. The van der Waals surface area contributed by atoms with Gasteiger partial charge in [0.1, 0.15) is 11.5 Å². The maximum Gasteiger partial charge on any atom is 0.273 e. The molecule has 1 aromatic heterocycles. The van der Waals surface area contributed by atoms with Crippen molar-refractivity contribution in [1.29, 1.82) is 0 Å². The molecular weight excluding hydrogens is 350 g/mol. The van der Waals surface area contributed by atoms with Crippen molar-refractivity contribution in [3.8, 4) is 11.3 Å². The van der Waals surface area contributed by atoms with Crippen LogP contribution < -0.4 is 5.43 Å². The summed E-state index contributed by atoms with van der Waals surface area (Å²) >= 11 is 0. The van der Waals surface area contributed by atoms with Gasteiger partial charge in [0.2, 0.25) is 0 Å². The summed E-state index contributed by atoms with van der Waals surface area (Å²) in [6, 6.07) is 17.8. The monoisotopic (exact) mass is 365 g/mol. The van der Waals surface area contributed by atoms with Gasteiger partial charge in [-0.3, -0.25) is 14.9 Å². The van der Waals surface area contributed by atoms with Crippen molar-refractivity contribution in [2.24, 2.45) is 5.10 Å². The van der Waals surface area contributed by atoms with Crippen molar-refractivity contribution in [3.63, 3.8) is 0 Å². The normalized spacial score (nSPS) is 12.0. The van der Waals surface area contributed by atoms with Crippen LogP contribution in [0, 0.1) is 10.1 Å². The van der Waals surface area contributed by atoms with Crippen molar-refractivity contribution < 1.29 is 19.2 Å². The molecule has 3 aromatic rings. The van der Waals surface area contributed by atoms with Crippen LogP contribution in [0.4, 0.5) is 5.69 Å². The number of aliphatic hydroxyl groups is 1. The van der Waals surface area contributed by atoms with Crippen LogP contribution in [-0.4, -0.2) is 22.2 Å². The number of carbonyl (C=O) groups excluding carboxylic acids is 1. The molecule has 1 atom stereocenters. The first-order valence-corrected chi connectivity index (χ1v) is 7.95. The number of hydrogen-bond acceptors (Lipinski definition) is 6. The lowest BCUT2D eigenvalue weighted by Gasteiger charge is -2.08. The van der Waals surface area contributed by atoms with Crippen LogP contribution in [-0.2, 0) is 4.79 Å². The molecule has 0 unspecified atom stereocenters. The Balaban J connectivity index is 1.64. The van der Waals surface area contributed by atoms with E-state index in [0.29, 0.717) is 22.6 Å². The lowest BCUT2D eigenvalue weighted by atomic mass is 10.1. The number of carbonyl (C=O) groups is 1. The van der Waals surface area contributed by atoms with E-state index in [1.165, 1.54) is 18.3 Å². The molecule has 0 saturated carbocycles. The number of hydrazone groups is 1. The summed E-state index contributed by atoms with van der Waals surface area (Å²) in [6.45, 7) is 0. The molecule has 0 aliphatic heterocycles. The van der Waals surface area contributed by atoms with Crippen LogP contribution in [0.25, 0.3) is 11.3 Å². The highest BCUT2D eigenvalue weighted by Crippen LogP contribution is 2.25. The topological polar surface area (TPSA) is 118 Å². The minimum atomic E-state index is -1.33. The summed E-state index contributed by atoms with van der Waals surface area (Å²) in [5.74, 6) is 0.0877. The molecular formula is C19H15N3O5. The van der Waals surface area contributed by atoms with Crippen LogP contribution in [0.1, 0.15) is 17.4 Å². The molecule has 3 rings (SSSR count). The SMILES string of the molecule is O=C(N/N=C\c1ccc(-c2cccc([N+](=O)[O-])c2)o1)[C@H](O)c1ccccc1. The van der Waals surface area contributed by atoms with E-state index in [-0.39, 0.29) is 5.69 Å². The fourth-order valence-electron chi connectivity index (χ4n) is 2.36. The zero-order valence-corrected chi connectivity index (χ0v) is 14.0. The largest absolute Gasteiger partial charge is 0.455 e. The molecule has 8 nitrogen and oxygen atoms in total. The average molecular weight is 365 g/mol. The van der Waals surface area contributed by atoms with Gasteiger partial charge in [-0.1, -0.05) is 42.5 Å². The van der Waals surface area contributed by atoms with Gasteiger partial charge in [-0.05, 0) is 17.7 Å². The summed E-state index contributed by atoms with van der Waals surface area (Å²) < 4.78 is 5.55. The number of nitrogens with zero attached hydrogens (tertiary/aromatic N) is 2. The Morgan fingerprint density at radius 3 is 2.67 bits per heavy atom. The molecule has 1 amide bonds. The Morgan fingerprint density at radius 1 is 1.15 bits per heavy atom. The van der Waals surface area contributed by atoms with Gasteiger partial charge >= 0.3 is 0 Å². The standard InChI is InChI=1S/C19H15N3O5/c23-18(13-5-2-1-3-6-13)19(24)21-20-12-16-9-10-17(27-16)14-7-4-8-15(11-14)22(25)26/h1-12,18,23H,(H,21,24)/b20-12-/t18-/m1/s1. The van der Waals surface area contributed by atoms with E-state index in [2.05, 4.69) is 10.5 Å². The van der Waals surface area contributed by atoms with Crippen molar-refractivity contribution >= 4 is 17.8 Å². The number of amides is 1. The summed E-state index contributed by atoms with van der Waals surface area (Å²) in [6.07, 6.45) is -0.0587. The quantitative estimate of drug-likeness (QED) is 0.395. The number of benzene rings is 2. The number of furan rings is 1. The first-order valence-electron chi connectivity index (χ1n) is 7.95. The summed E-state index contributed by atoms with van der Waals surface area (Å²) in [5, 5.41) is 24.5. The van der Waals surface area contributed by atoms with Crippen LogP contribution in [0.5, 0.6) is 0 Å². The highest BCUT2D eigenvalue weighted by molar-refractivity contribution is 5.84. The molecule has 1 heterocycles. The highest BCUT2D eigenvalue weighted by atomic mass is 16.6. The van der Waals surface area contributed by atoms with E-state index >= 15 is 0 Å². The minimum absolute atomic E-state index is 0.0405. The number of aliphatic hydroxyl groups excluding tert-OH is 1. The molecule has 8 heteroatoms. The lowest BCUT2D eigenvalue weighted by molar-refractivity contribution is -0.384. The number of nitro benzene ring substituents is 1. The fourth-order valence-corrected chi connectivity index (χ4v) is 2.36. The zero-order valence-electron chi connectivity index (χ0n) is 14.0.